The van der Waals surface area contributed by atoms with Crippen LogP contribution in [0.25, 0.3) is 0 Å². The second-order valence-electron chi connectivity index (χ2n) is 17.5. The fourth-order valence-electron chi connectivity index (χ4n) is 6.47. The van der Waals surface area contributed by atoms with E-state index in [-0.39, 0.29) is 32.0 Å². The molecule has 2 unspecified atom stereocenters. The lowest BCUT2D eigenvalue weighted by atomic mass is 10.0. The smallest absolute Gasteiger partial charge is 0.462 e. The van der Waals surface area contributed by atoms with Crippen LogP contribution in [0.2, 0.25) is 0 Å². The van der Waals surface area contributed by atoms with Gasteiger partial charge < -0.3 is 18.9 Å². The van der Waals surface area contributed by atoms with Gasteiger partial charge >= 0.3 is 19.8 Å². The van der Waals surface area contributed by atoms with Crippen molar-refractivity contribution in [1.82, 2.24) is 0 Å². The zero-order valence-electron chi connectivity index (χ0n) is 39.9. The van der Waals surface area contributed by atoms with E-state index in [4.69, 9.17) is 18.5 Å². The van der Waals surface area contributed by atoms with Gasteiger partial charge in [-0.2, -0.15) is 0 Å². The number of ether oxygens (including phenoxy) is 2. The monoisotopic (exact) mass is 879 g/mol. The molecule has 9 nitrogen and oxygen atoms in total. The number of hydrogen-bond acceptors (Lipinski definition) is 7. The first-order chi connectivity index (χ1) is 29.5. The minimum absolute atomic E-state index is 0.0284. The first-order valence-electron chi connectivity index (χ1n) is 24.5. The largest absolute Gasteiger partial charge is 0.472 e. The molecule has 0 fully saturated rings. The maximum absolute atomic E-state index is 12.7. The normalized spacial score (nSPS) is 14.0. The van der Waals surface area contributed by atoms with E-state index in [1.807, 2.05) is 21.1 Å². The van der Waals surface area contributed by atoms with Crippen molar-refractivity contribution >= 4 is 19.8 Å². The summed E-state index contributed by atoms with van der Waals surface area (Å²) in [6, 6.07) is 0. The van der Waals surface area contributed by atoms with E-state index in [0.717, 1.165) is 83.5 Å². The van der Waals surface area contributed by atoms with Gasteiger partial charge in [0, 0.05) is 12.8 Å². The van der Waals surface area contributed by atoms with Crippen LogP contribution in [0, 0.1) is 0 Å². The number of carbonyl (C=O) groups is 2. The summed E-state index contributed by atoms with van der Waals surface area (Å²) in [4.78, 5) is 35.4. The van der Waals surface area contributed by atoms with Crippen LogP contribution in [0.4, 0.5) is 0 Å². The summed E-state index contributed by atoms with van der Waals surface area (Å²) < 4.78 is 34.4. The molecular weight excluding hydrogens is 786 g/mol. The number of rotatable bonds is 44. The average molecular weight is 879 g/mol. The Labute approximate surface area is 375 Å². The molecule has 0 saturated heterocycles. The van der Waals surface area contributed by atoms with Gasteiger partial charge in [-0.25, -0.2) is 4.57 Å². The van der Waals surface area contributed by atoms with Crippen molar-refractivity contribution in [2.45, 2.75) is 206 Å². The van der Waals surface area contributed by atoms with Crippen LogP contribution >= 0.6 is 7.82 Å². The number of unbranched alkanes of at least 4 members (excludes halogenated alkanes) is 20. The van der Waals surface area contributed by atoms with Crippen molar-refractivity contribution in [2.75, 3.05) is 47.5 Å². The zero-order valence-corrected chi connectivity index (χ0v) is 40.8. The summed E-state index contributed by atoms with van der Waals surface area (Å²) in [5.41, 5.74) is 0. The van der Waals surface area contributed by atoms with Crippen molar-refractivity contribution in [2.24, 2.45) is 0 Å². The highest BCUT2D eigenvalue weighted by Crippen LogP contribution is 2.43. The van der Waals surface area contributed by atoms with Crippen LogP contribution in [0.1, 0.15) is 200 Å². The highest BCUT2D eigenvalue weighted by molar-refractivity contribution is 7.47. The molecule has 61 heavy (non-hydrogen) atoms. The lowest BCUT2D eigenvalue weighted by Gasteiger charge is -2.24. The standard InChI is InChI=1S/C51H92NO8P/c1-6-8-10-12-14-16-18-20-21-22-23-24-25-26-27-28-29-30-31-32-34-36-38-40-42-44-51(54)60-49(48-59-61(55,56)58-46-45-52(3,4)5)47-57-50(53)43-41-39-37-35-33-19-17-15-13-11-9-7-2/h8,10,14-17,20-21,23-24,49H,6-7,9,11-13,18-19,22,25-48H2,1-5H3/p+1/b10-8-,16-14-,17-15-,21-20-,24-23-. The second kappa shape index (κ2) is 43.0. The van der Waals surface area contributed by atoms with Gasteiger partial charge in [0.1, 0.15) is 19.8 Å². The second-order valence-corrected chi connectivity index (χ2v) is 18.9. The van der Waals surface area contributed by atoms with Crippen molar-refractivity contribution < 1.29 is 42.1 Å². The first kappa shape index (κ1) is 58.7. The molecule has 0 aromatic carbocycles. The summed E-state index contributed by atoms with van der Waals surface area (Å²) in [5, 5.41) is 0. The van der Waals surface area contributed by atoms with Gasteiger partial charge in [-0.1, -0.05) is 171 Å². The molecule has 0 aromatic rings. The Morgan fingerprint density at radius 1 is 0.525 bits per heavy atom. The molecule has 0 aromatic heterocycles. The van der Waals surface area contributed by atoms with Crippen molar-refractivity contribution in [3.63, 3.8) is 0 Å². The van der Waals surface area contributed by atoms with Crippen molar-refractivity contribution in [3.8, 4) is 0 Å². The maximum Gasteiger partial charge on any atom is 0.472 e. The Hall–Kier alpha value is -2.29. The Kier molecular flexibility index (Phi) is 41.4. The molecule has 0 saturated carbocycles. The highest BCUT2D eigenvalue weighted by atomic mass is 31.2. The van der Waals surface area contributed by atoms with Crippen LogP contribution < -0.4 is 0 Å². The summed E-state index contributed by atoms with van der Waals surface area (Å²) in [6.45, 7) is 4.28. The summed E-state index contributed by atoms with van der Waals surface area (Å²) in [6.07, 6.45) is 52.7. The Morgan fingerprint density at radius 3 is 1.41 bits per heavy atom. The van der Waals surface area contributed by atoms with E-state index in [0.29, 0.717) is 17.4 Å². The van der Waals surface area contributed by atoms with Crippen LogP contribution in [-0.2, 0) is 32.7 Å². The molecule has 0 aliphatic rings. The molecule has 0 spiro atoms. The third kappa shape index (κ3) is 47.0. The summed E-state index contributed by atoms with van der Waals surface area (Å²) >= 11 is 0. The van der Waals surface area contributed by atoms with Gasteiger partial charge in [0.25, 0.3) is 0 Å². The molecule has 2 atom stereocenters. The van der Waals surface area contributed by atoms with Gasteiger partial charge in [-0.15, -0.1) is 0 Å². The first-order valence-corrected chi connectivity index (χ1v) is 26.0. The molecule has 0 aliphatic heterocycles. The molecule has 1 N–H and O–H groups in total. The predicted octanol–water partition coefficient (Wildman–Crippen LogP) is 14.4. The number of hydrogen-bond donors (Lipinski definition) is 1. The third-order valence-electron chi connectivity index (χ3n) is 10.3. The fourth-order valence-corrected chi connectivity index (χ4v) is 7.21. The fraction of sp³-hybridized carbons (Fsp3) is 0.765. The number of nitrogens with zero attached hydrogens (tertiary/aromatic N) is 1. The minimum Gasteiger partial charge on any atom is -0.462 e. The molecule has 0 radical (unpaired) electrons. The van der Waals surface area contributed by atoms with E-state index in [9.17, 15) is 19.0 Å². The van der Waals surface area contributed by atoms with Crippen molar-refractivity contribution in [1.29, 1.82) is 0 Å². The predicted molar refractivity (Wildman–Crippen MR) is 256 cm³/mol. The van der Waals surface area contributed by atoms with E-state index in [1.165, 1.54) is 83.5 Å². The van der Waals surface area contributed by atoms with Gasteiger partial charge in [-0.3, -0.25) is 18.6 Å². The van der Waals surface area contributed by atoms with E-state index < -0.39 is 26.5 Å². The summed E-state index contributed by atoms with van der Waals surface area (Å²) in [7, 11) is 1.47. The number of phosphoric ester groups is 1. The lowest BCUT2D eigenvalue weighted by molar-refractivity contribution is -0.870. The average Bonchev–Trinajstić information content (AvgIpc) is 3.21. The van der Waals surface area contributed by atoms with E-state index in [1.54, 1.807) is 0 Å². The van der Waals surface area contributed by atoms with Crippen molar-refractivity contribution in [3.05, 3.63) is 60.8 Å². The Bertz CT molecular complexity index is 1220. The van der Waals surface area contributed by atoms with Gasteiger partial charge in [0.15, 0.2) is 6.10 Å². The third-order valence-corrected chi connectivity index (χ3v) is 11.3. The topological polar surface area (TPSA) is 108 Å². The molecular formula is C51H93NO8P+. The van der Waals surface area contributed by atoms with Gasteiger partial charge in [0.05, 0.1) is 27.7 Å². The molecule has 0 bridgehead atoms. The number of esters is 2. The zero-order chi connectivity index (χ0) is 45.0. The molecule has 354 valence electrons. The molecule has 0 rings (SSSR count). The number of allylic oxidation sites excluding steroid dienone is 10. The molecule has 0 heterocycles. The Balaban J connectivity index is 4.21. The highest BCUT2D eigenvalue weighted by Gasteiger charge is 2.27. The maximum atomic E-state index is 12.7. The van der Waals surface area contributed by atoms with Crippen LogP contribution in [0.15, 0.2) is 60.8 Å². The van der Waals surface area contributed by atoms with E-state index in [2.05, 4.69) is 74.6 Å². The number of carbonyl (C=O) groups excluding carboxylic acids is 2. The van der Waals surface area contributed by atoms with Crippen LogP contribution in [0.3, 0.4) is 0 Å². The number of quaternary nitrogens is 1. The SMILES string of the molecule is CC/C=C\C/C=C\C/C=C\C/C=C\CCCCCCCCCCCCCCC(=O)OC(COC(=O)CCCCCCC/C=C\CCCCC)COP(=O)(O)OCC[N+](C)(C)C. The molecule has 10 heteroatoms. The number of likely N-dealkylation sites (N-methyl/N-ethyl adjacent to an activating group) is 1. The van der Waals surface area contributed by atoms with Gasteiger partial charge in [0.2, 0.25) is 0 Å². The quantitative estimate of drug-likeness (QED) is 0.0212. The van der Waals surface area contributed by atoms with Crippen LogP contribution in [-0.4, -0.2) is 74.9 Å². The molecule has 0 aliphatic carbocycles. The van der Waals surface area contributed by atoms with Crippen LogP contribution in [0.5, 0.6) is 0 Å². The molecule has 0 amide bonds. The lowest BCUT2D eigenvalue weighted by Crippen LogP contribution is -2.37. The van der Waals surface area contributed by atoms with E-state index >= 15 is 0 Å². The number of phosphoric acid groups is 1. The minimum atomic E-state index is -4.38. The summed E-state index contributed by atoms with van der Waals surface area (Å²) in [5.74, 6) is -0.812. The van der Waals surface area contributed by atoms with Gasteiger partial charge in [-0.05, 0) is 77.0 Å². The Morgan fingerprint density at radius 2 is 0.934 bits per heavy atom.